The maximum atomic E-state index is 12.8. The quantitative estimate of drug-likeness (QED) is 0.242. The van der Waals surface area contributed by atoms with Gasteiger partial charge in [-0.25, -0.2) is 4.39 Å². The molecule has 15 heavy (non-hydrogen) atoms. The van der Waals surface area contributed by atoms with E-state index in [4.69, 9.17) is 17.1 Å². The average molecular weight is 224 g/mol. The highest BCUT2D eigenvalue weighted by Gasteiger charge is 1.97. The second-order valence-corrected chi connectivity index (χ2v) is 3.04. The molecular weight excluding hydrogens is 217 g/mol. The Balaban J connectivity index is 2.64. The van der Waals surface area contributed by atoms with E-state index in [1.807, 2.05) is 0 Å². The normalized spacial score (nSPS) is 8.67. The Labute approximate surface area is 91.5 Å². The third kappa shape index (κ3) is 3.90. The Kier molecular flexibility index (Phi) is 4.49. The number of azide groups is 1. The molecule has 0 saturated carbocycles. The van der Waals surface area contributed by atoms with Gasteiger partial charge in [0.2, 0.25) is 0 Å². The summed E-state index contributed by atoms with van der Waals surface area (Å²) in [5.74, 6) is 5.11. The number of nitrogens with zero attached hydrogens (tertiary/aromatic N) is 3. The van der Waals surface area contributed by atoms with Gasteiger partial charge in [0.1, 0.15) is 5.82 Å². The molecule has 0 radical (unpaired) electrons. The summed E-state index contributed by atoms with van der Waals surface area (Å²) in [4.78, 5) is 2.59. The van der Waals surface area contributed by atoms with Gasteiger partial charge in [0, 0.05) is 23.4 Å². The maximum Gasteiger partial charge on any atom is 0.141 e. The predicted molar refractivity (Wildman–Crippen MR) is 56.9 cm³/mol. The second kappa shape index (κ2) is 5.92. The van der Waals surface area contributed by atoms with Gasteiger partial charge in [0.15, 0.2) is 0 Å². The van der Waals surface area contributed by atoms with Gasteiger partial charge in [-0.15, -0.1) is 0 Å². The fourth-order valence-corrected chi connectivity index (χ4v) is 1.07. The molecule has 3 nitrogen and oxygen atoms in total. The Morgan fingerprint density at radius 3 is 3.00 bits per heavy atom. The predicted octanol–water partition coefficient (Wildman–Crippen LogP) is 3.53. The zero-order chi connectivity index (χ0) is 11.1. The highest BCUT2D eigenvalue weighted by atomic mass is 35.5. The lowest BCUT2D eigenvalue weighted by Gasteiger charge is -1.93. The minimum atomic E-state index is -0.462. The van der Waals surface area contributed by atoms with E-state index in [0.29, 0.717) is 18.5 Å². The molecule has 1 aromatic carbocycles. The molecule has 0 saturated heterocycles. The first-order valence-electron chi connectivity index (χ1n) is 4.19. The number of halogens is 2. The van der Waals surface area contributed by atoms with Gasteiger partial charge in [-0.3, -0.25) is 0 Å². The van der Waals surface area contributed by atoms with Gasteiger partial charge in [0.25, 0.3) is 0 Å². The molecule has 0 aliphatic rings. The van der Waals surface area contributed by atoms with E-state index >= 15 is 0 Å². The summed E-state index contributed by atoms with van der Waals surface area (Å²) in [7, 11) is 0. The first kappa shape index (κ1) is 11.4. The van der Waals surface area contributed by atoms with Crippen molar-refractivity contribution in [1.82, 2.24) is 0 Å². The van der Waals surface area contributed by atoms with Crippen molar-refractivity contribution < 1.29 is 4.39 Å². The topological polar surface area (TPSA) is 48.8 Å². The van der Waals surface area contributed by atoms with Crippen molar-refractivity contribution in [3.63, 3.8) is 0 Å². The molecule has 0 aliphatic carbocycles. The van der Waals surface area contributed by atoms with E-state index in [9.17, 15) is 4.39 Å². The first-order chi connectivity index (χ1) is 7.24. The van der Waals surface area contributed by atoms with E-state index in [-0.39, 0.29) is 5.02 Å². The van der Waals surface area contributed by atoms with Crippen molar-refractivity contribution >= 4 is 11.6 Å². The van der Waals surface area contributed by atoms with Gasteiger partial charge in [-0.2, -0.15) is 0 Å². The van der Waals surface area contributed by atoms with Crippen LogP contribution in [0.2, 0.25) is 5.02 Å². The fraction of sp³-hybridized carbons (Fsp3) is 0.200. The van der Waals surface area contributed by atoms with E-state index in [0.717, 1.165) is 0 Å². The Bertz CT molecular complexity index is 455. The summed E-state index contributed by atoms with van der Waals surface area (Å²) in [6.07, 6.45) is 0.471. The standard InChI is InChI=1S/C10H7ClFN3/c11-9-7-8(4-5-10(9)12)3-1-2-6-14-15-13/h4-5,7H,2,6H2. The molecule has 0 N–H and O–H groups in total. The third-order valence-electron chi connectivity index (χ3n) is 1.55. The molecular formula is C10H7ClFN3. The van der Waals surface area contributed by atoms with Gasteiger partial charge >= 0.3 is 0 Å². The van der Waals surface area contributed by atoms with Crippen LogP contribution >= 0.6 is 11.6 Å². The van der Waals surface area contributed by atoms with Crippen molar-refractivity contribution in [2.24, 2.45) is 5.11 Å². The summed E-state index contributed by atoms with van der Waals surface area (Å²) in [5.41, 5.74) is 8.64. The van der Waals surface area contributed by atoms with Crippen LogP contribution in [0.4, 0.5) is 4.39 Å². The minimum absolute atomic E-state index is 0.0526. The SMILES string of the molecule is [N-]=[N+]=NCCC#Cc1ccc(F)c(Cl)c1. The Morgan fingerprint density at radius 1 is 1.53 bits per heavy atom. The van der Waals surface area contributed by atoms with E-state index in [2.05, 4.69) is 21.9 Å². The van der Waals surface area contributed by atoms with Gasteiger partial charge < -0.3 is 0 Å². The van der Waals surface area contributed by atoms with Crippen LogP contribution in [0.15, 0.2) is 23.3 Å². The lowest BCUT2D eigenvalue weighted by molar-refractivity contribution is 0.628. The molecule has 0 amide bonds. The van der Waals surface area contributed by atoms with Crippen LogP contribution in [-0.2, 0) is 0 Å². The van der Waals surface area contributed by atoms with Gasteiger partial charge in [-0.05, 0) is 23.7 Å². The summed E-state index contributed by atoms with van der Waals surface area (Å²) in [6.45, 7) is 0.332. The maximum absolute atomic E-state index is 12.8. The highest BCUT2D eigenvalue weighted by Crippen LogP contribution is 2.15. The molecule has 0 bridgehead atoms. The van der Waals surface area contributed by atoms with Crippen molar-refractivity contribution in [3.8, 4) is 11.8 Å². The molecule has 0 fully saturated rings. The summed E-state index contributed by atoms with van der Waals surface area (Å²) < 4.78 is 12.8. The van der Waals surface area contributed by atoms with Gasteiger partial charge in [-0.1, -0.05) is 28.6 Å². The largest absolute Gasteiger partial charge is 0.205 e. The summed E-state index contributed by atoms with van der Waals surface area (Å²) in [5, 5.41) is 3.38. The molecule has 0 atom stereocenters. The molecule has 0 aliphatic heterocycles. The van der Waals surface area contributed by atoms with E-state index in [1.54, 1.807) is 6.07 Å². The number of benzene rings is 1. The smallest absolute Gasteiger partial charge is 0.141 e. The van der Waals surface area contributed by atoms with Crippen molar-refractivity contribution in [3.05, 3.63) is 45.0 Å². The van der Waals surface area contributed by atoms with Crippen LogP contribution in [-0.4, -0.2) is 6.54 Å². The third-order valence-corrected chi connectivity index (χ3v) is 1.84. The molecule has 1 rings (SSSR count). The molecule has 5 heteroatoms. The number of rotatable bonds is 2. The van der Waals surface area contributed by atoms with Crippen LogP contribution < -0.4 is 0 Å². The molecule has 0 heterocycles. The van der Waals surface area contributed by atoms with E-state index < -0.39 is 5.82 Å². The van der Waals surface area contributed by atoms with Crippen LogP contribution in [0.3, 0.4) is 0 Å². The molecule has 76 valence electrons. The lowest BCUT2D eigenvalue weighted by atomic mass is 10.2. The number of hydrogen-bond donors (Lipinski definition) is 0. The molecule has 0 unspecified atom stereocenters. The highest BCUT2D eigenvalue weighted by molar-refractivity contribution is 6.30. The van der Waals surface area contributed by atoms with Crippen molar-refractivity contribution in [2.75, 3.05) is 6.54 Å². The minimum Gasteiger partial charge on any atom is -0.205 e. The number of hydrogen-bond acceptors (Lipinski definition) is 1. The molecule has 0 spiro atoms. The average Bonchev–Trinajstić information content (AvgIpc) is 2.23. The lowest BCUT2D eigenvalue weighted by Crippen LogP contribution is -1.80. The van der Waals surface area contributed by atoms with Crippen molar-refractivity contribution in [1.29, 1.82) is 0 Å². The van der Waals surface area contributed by atoms with Gasteiger partial charge in [0.05, 0.1) is 5.02 Å². The van der Waals surface area contributed by atoms with Crippen LogP contribution in [0.5, 0.6) is 0 Å². The summed E-state index contributed by atoms with van der Waals surface area (Å²) in [6, 6.07) is 4.26. The van der Waals surface area contributed by atoms with Crippen LogP contribution in [0.1, 0.15) is 12.0 Å². The zero-order valence-corrected chi connectivity index (χ0v) is 8.50. The van der Waals surface area contributed by atoms with E-state index in [1.165, 1.54) is 12.1 Å². The van der Waals surface area contributed by atoms with Crippen molar-refractivity contribution in [2.45, 2.75) is 6.42 Å². The Hall–Kier alpha value is -1.69. The Morgan fingerprint density at radius 2 is 2.33 bits per heavy atom. The summed E-state index contributed by atoms with van der Waals surface area (Å²) >= 11 is 5.57. The van der Waals surface area contributed by atoms with Crippen LogP contribution in [0, 0.1) is 17.7 Å². The molecule has 0 aromatic heterocycles. The second-order valence-electron chi connectivity index (χ2n) is 2.64. The monoisotopic (exact) mass is 223 g/mol. The fourth-order valence-electron chi connectivity index (χ4n) is 0.889. The zero-order valence-electron chi connectivity index (χ0n) is 7.74. The first-order valence-corrected chi connectivity index (χ1v) is 4.56. The molecule has 1 aromatic rings. The van der Waals surface area contributed by atoms with Crippen LogP contribution in [0.25, 0.3) is 10.4 Å².